The van der Waals surface area contributed by atoms with Gasteiger partial charge in [-0.25, -0.2) is 4.98 Å². The van der Waals surface area contributed by atoms with Gasteiger partial charge in [-0.3, -0.25) is 4.90 Å². The van der Waals surface area contributed by atoms with Crippen LogP contribution in [-0.4, -0.2) is 65.0 Å². The number of anilines is 1. The third-order valence-corrected chi connectivity index (χ3v) is 7.15. The number of thiazole rings is 1. The average Bonchev–Trinajstić information content (AvgIpc) is 3.36. The summed E-state index contributed by atoms with van der Waals surface area (Å²) in [4.78, 5) is 10.8. The number of aromatic hydroxyl groups is 1. The van der Waals surface area contributed by atoms with Crippen molar-refractivity contribution >= 4 is 22.0 Å². The van der Waals surface area contributed by atoms with Gasteiger partial charge in [0.25, 0.3) is 0 Å². The molecule has 0 spiro atoms. The molecule has 9 heteroatoms. The van der Waals surface area contributed by atoms with E-state index in [9.17, 15) is 5.11 Å². The monoisotopic (exact) mass is 465 g/mol. The number of rotatable bonds is 6. The first-order chi connectivity index (χ1) is 16.1. The summed E-state index contributed by atoms with van der Waals surface area (Å²) in [7, 11) is 3.35. The Morgan fingerprint density at radius 2 is 1.70 bits per heavy atom. The van der Waals surface area contributed by atoms with E-state index in [-0.39, 0.29) is 11.9 Å². The van der Waals surface area contributed by atoms with Crippen molar-refractivity contribution in [1.82, 2.24) is 19.5 Å². The first kappa shape index (κ1) is 21.5. The van der Waals surface area contributed by atoms with E-state index >= 15 is 0 Å². The maximum atomic E-state index is 11.1. The van der Waals surface area contributed by atoms with Crippen molar-refractivity contribution in [2.45, 2.75) is 13.0 Å². The Morgan fingerprint density at radius 1 is 0.970 bits per heavy atom. The van der Waals surface area contributed by atoms with Crippen LogP contribution in [0.25, 0.3) is 4.96 Å². The van der Waals surface area contributed by atoms with E-state index in [0.717, 1.165) is 48.1 Å². The van der Waals surface area contributed by atoms with Crippen LogP contribution in [0.5, 0.6) is 17.4 Å². The van der Waals surface area contributed by atoms with Gasteiger partial charge in [-0.15, -0.1) is 5.10 Å². The highest BCUT2D eigenvalue weighted by Gasteiger charge is 2.32. The minimum atomic E-state index is -0.119. The van der Waals surface area contributed by atoms with Crippen molar-refractivity contribution in [2.24, 2.45) is 0 Å². The first-order valence-electron chi connectivity index (χ1n) is 10.9. The fourth-order valence-corrected chi connectivity index (χ4v) is 5.56. The molecule has 0 aliphatic carbocycles. The van der Waals surface area contributed by atoms with E-state index in [4.69, 9.17) is 9.47 Å². The predicted octanol–water partition coefficient (Wildman–Crippen LogP) is 3.73. The minimum absolute atomic E-state index is 0.119. The highest BCUT2D eigenvalue weighted by atomic mass is 32.1. The number of fused-ring (bicyclic) bond motifs is 1. The summed E-state index contributed by atoms with van der Waals surface area (Å²) in [5.74, 6) is 2.46. The minimum Gasteiger partial charge on any atom is -0.497 e. The van der Waals surface area contributed by atoms with Crippen molar-refractivity contribution in [3.05, 3.63) is 64.8 Å². The van der Waals surface area contributed by atoms with Gasteiger partial charge in [0.2, 0.25) is 10.8 Å². The van der Waals surface area contributed by atoms with E-state index in [1.807, 2.05) is 37.3 Å². The SMILES string of the molecule is COc1ccc(N2CCN([C@H](c3cccc(OC)c3)c3sc4nc(C)nn4c3O)CC2)cc1. The second-order valence-corrected chi connectivity index (χ2v) is 9.05. The van der Waals surface area contributed by atoms with Gasteiger partial charge in [0.1, 0.15) is 17.3 Å². The molecule has 1 aliphatic heterocycles. The van der Waals surface area contributed by atoms with Gasteiger partial charge in [0.05, 0.1) is 25.1 Å². The van der Waals surface area contributed by atoms with Crippen LogP contribution in [-0.2, 0) is 0 Å². The van der Waals surface area contributed by atoms with Crippen molar-refractivity contribution in [3.63, 3.8) is 0 Å². The van der Waals surface area contributed by atoms with Crippen molar-refractivity contribution in [3.8, 4) is 17.4 Å². The zero-order valence-corrected chi connectivity index (χ0v) is 19.7. The van der Waals surface area contributed by atoms with Crippen LogP contribution >= 0.6 is 11.3 Å². The summed E-state index contributed by atoms with van der Waals surface area (Å²) in [5.41, 5.74) is 2.26. The number of hydrogen-bond acceptors (Lipinski definition) is 8. The predicted molar refractivity (Wildman–Crippen MR) is 129 cm³/mol. The van der Waals surface area contributed by atoms with E-state index in [1.165, 1.54) is 21.5 Å². The number of methoxy groups -OCH3 is 2. The summed E-state index contributed by atoms with van der Waals surface area (Å²) in [5, 5.41) is 15.4. The zero-order chi connectivity index (χ0) is 22.9. The number of aryl methyl sites for hydroxylation is 1. The Hall–Kier alpha value is -3.30. The highest BCUT2D eigenvalue weighted by molar-refractivity contribution is 7.17. The molecule has 0 saturated carbocycles. The molecule has 1 atom stereocenters. The van der Waals surface area contributed by atoms with Crippen LogP contribution in [0.1, 0.15) is 22.3 Å². The molecule has 1 aliphatic rings. The lowest BCUT2D eigenvalue weighted by atomic mass is 10.0. The Balaban J connectivity index is 1.45. The molecule has 0 unspecified atom stereocenters. The molecule has 0 amide bonds. The fraction of sp³-hybridized carbons (Fsp3) is 0.333. The smallest absolute Gasteiger partial charge is 0.230 e. The Kier molecular flexibility index (Phi) is 5.82. The molecular weight excluding hydrogens is 438 g/mol. The Bertz CT molecular complexity index is 1240. The molecule has 172 valence electrons. The van der Waals surface area contributed by atoms with Crippen LogP contribution in [0, 0.1) is 6.92 Å². The molecule has 5 rings (SSSR count). The second kappa shape index (κ2) is 8.92. The summed E-state index contributed by atoms with van der Waals surface area (Å²) in [6.07, 6.45) is 0. The molecule has 3 heterocycles. The van der Waals surface area contributed by atoms with Crippen LogP contribution < -0.4 is 14.4 Å². The fourth-order valence-electron chi connectivity index (χ4n) is 4.40. The molecule has 0 radical (unpaired) electrons. The molecule has 1 fully saturated rings. The summed E-state index contributed by atoms with van der Waals surface area (Å²) < 4.78 is 12.3. The molecule has 8 nitrogen and oxygen atoms in total. The number of ether oxygens (including phenoxy) is 2. The van der Waals surface area contributed by atoms with E-state index in [2.05, 4.69) is 38.1 Å². The van der Waals surface area contributed by atoms with Crippen LogP contribution in [0.15, 0.2) is 48.5 Å². The average molecular weight is 466 g/mol. The van der Waals surface area contributed by atoms with E-state index < -0.39 is 0 Å². The topological polar surface area (TPSA) is 75.4 Å². The summed E-state index contributed by atoms with van der Waals surface area (Å²) in [6, 6.07) is 16.1. The Labute approximate surface area is 196 Å². The van der Waals surface area contributed by atoms with Gasteiger partial charge in [-0.1, -0.05) is 23.5 Å². The van der Waals surface area contributed by atoms with Crippen molar-refractivity contribution in [1.29, 1.82) is 0 Å². The molecule has 4 aromatic rings. The maximum Gasteiger partial charge on any atom is 0.230 e. The van der Waals surface area contributed by atoms with Gasteiger partial charge in [0, 0.05) is 31.9 Å². The second-order valence-electron chi connectivity index (χ2n) is 8.04. The normalized spacial score (nSPS) is 15.7. The number of piperazine rings is 1. The lowest BCUT2D eigenvalue weighted by molar-refractivity contribution is 0.211. The van der Waals surface area contributed by atoms with Crippen molar-refractivity contribution < 1.29 is 14.6 Å². The molecule has 1 saturated heterocycles. The first-order valence-corrected chi connectivity index (χ1v) is 11.7. The molecule has 2 aromatic carbocycles. The third-order valence-electron chi connectivity index (χ3n) is 6.08. The van der Waals surface area contributed by atoms with Crippen LogP contribution in [0.2, 0.25) is 0 Å². The summed E-state index contributed by atoms with van der Waals surface area (Å²) >= 11 is 1.49. The van der Waals surface area contributed by atoms with Crippen LogP contribution in [0.3, 0.4) is 0 Å². The summed E-state index contributed by atoms with van der Waals surface area (Å²) in [6.45, 7) is 5.29. The van der Waals surface area contributed by atoms with Gasteiger partial charge >= 0.3 is 0 Å². The zero-order valence-electron chi connectivity index (χ0n) is 18.9. The third kappa shape index (κ3) is 4.09. The Morgan fingerprint density at radius 3 is 2.36 bits per heavy atom. The quantitative estimate of drug-likeness (QED) is 0.465. The van der Waals surface area contributed by atoms with Gasteiger partial charge in [0.15, 0.2) is 0 Å². The lowest BCUT2D eigenvalue weighted by Crippen LogP contribution is -2.47. The van der Waals surface area contributed by atoms with E-state index in [0.29, 0.717) is 10.8 Å². The molecule has 33 heavy (non-hydrogen) atoms. The molecule has 0 bridgehead atoms. The lowest BCUT2D eigenvalue weighted by Gasteiger charge is -2.40. The maximum absolute atomic E-state index is 11.1. The number of aromatic nitrogens is 3. The van der Waals surface area contributed by atoms with Gasteiger partial charge in [-0.2, -0.15) is 4.52 Å². The highest BCUT2D eigenvalue weighted by Crippen LogP contribution is 2.41. The van der Waals surface area contributed by atoms with Crippen LogP contribution in [0.4, 0.5) is 5.69 Å². The standard InChI is InChI=1S/C24H27N5O3S/c1-16-25-24-29(26-16)23(30)22(33-24)21(17-5-4-6-20(15-17)32-3)28-13-11-27(12-14-28)18-7-9-19(31-2)10-8-18/h4-10,15,21,30H,11-14H2,1-3H3/t21-/m1/s1. The number of nitrogens with zero attached hydrogens (tertiary/aromatic N) is 5. The largest absolute Gasteiger partial charge is 0.497 e. The molecule has 2 aromatic heterocycles. The van der Waals surface area contributed by atoms with Crippen molar-refractivity contribution in [2.75, 3.05) is 45.3 Å². The van der Waals surface area contributed by atoms with E-state index in [1.54, 1.807) is 14.2 Å². The molecule has 1 N–H and O–H groups in total. The number of benzene rings is 2. The van der Waals surface area contributed by atoms with Gasteiger partial charge < -0.3 is 19.5 Å². The number of hydrogen-bond donors (Lipinski definition) is 1. The van der Waals surface area contributed by atoms with Gasteiger partial charge in [-0.05, 0) is 48.9 Å². The molecular formula is C24H27N5O3S.